The molecule has 2 rings (SSSR count). The molecule has 0 aliphatic carbocycles. The topological polar surface area (TPSA) is 17.0 Å². The first-order valence-corrected chi connectivity index (χ1v) is 6.96. The van der Waals surface area contributed by atoms with Crippen molar-refractivity contribution in [3.05, 3.63) is 36.0 Å². The minimum absolute atomic E-state index is 0.597. The first-order chi connectivity index (χ1) is 8.68. The molecule has 0 spiro atoms. The Hall–Kier alpha value is -1.28. The monoisotopic (exact) mass is 244 g/mol. The first-order valence-electron chi connectivity index (χ1n) is 6.96. The van der Waals surface area contributed by atoms with Crippen LogP contribution in [0, 0.1) is 6.92 Å². The van der Waals surface area contributed by atoms with Crippen LogP contribution in [-0.2, 0) is 6.54 Å². The number of hydrogen-bond acceptors (Lipinski definition) is 1. The van der Waals surface area contributed by atoms with Crippen LogP contribution >= 0.6 is 0 Å². The van der Waals surface area contributed by atoms with Gasteiger partial charge < -0.3 is 9.88 Å². The highest BCUT2D eigenvalue weighted by Gasteiger charge is 2.03. The summed E-state index contributed by atoms with van der Waals surface area (Å²) in [4.78, 5) is 0. The van der Waals surface area contributed by atoms with E-state index in [9.17, 15) is 0 Å². The SMILES string of the molecule is Cc1cn(CCCCNC(C)C)c2ccccc12. The van der Waals surface area contributed by atoms with Gasteiger partial charge in [0.1, 0.15) is 0 Å². The van der Waals surface area contributed by atoms with Crippen LogP contribution in [0.5, 0.6) is 0 Å². The van der Waals surface area contributed by atoms with Crippen LogP contribution in [0.25, 0.3) is 10.9 Å². The van der Waals surface area contributed by atoms with E-state index in [2.05, 4.69) is 61.1 Å². The third-order valence-corrected chi connectivity index (χ3v) is 3.37. The van der Waals surface area contributed by atoms with E-state index in [4.69, 9.17) is 0 Å². The lowest BCUT2D eigenvalue weighted by Gasteiger charge is -2.08. The third kappa shape index (κ3) is 3.14. The summed E-state index contributed by atoms with van der Waals surface area (Å²) in [7, 11) is 0. The second kappa shape index (κ2) is 6.05. The van der Waals surface area contributed by atoms with E-state index in [0.717, 1.165) is 13.1 Å². The summed E-state index contributed by atoms with van der Waals surface area (Å²) in [5.74, 6) is 0. The molecule has 2 heteroatoms. The third-order valence-electron chi connectivity index (χ3n) is 3.37. The Labute approximate surface area is 110 Å². The minimum atomic E-state index is 0.597. The summed E-state index contributed by atoms with van der Waals surface area (Å²) in [6, 6.07) is 9.26. The van der Waals surface area contributed by atoms with Gasteiger partial charge in [0.2, 0.25) is 0 Å². The summed E-state index contributed by atoms with van der Waals surface area (Å²) < 4.78 is 2.39. The molecule has 0 amide bonds. The smallest absolute Gasteiger partial charge is 0.0483 e. The normalized spacial score (nSPS) is 11.6. The van der Waals surface area contributed by atoms with Crippen LogP contribution in [0.1, 0.15) is 32.3 Å². The van der Waals surface area contributed by atoms with Crippen LogP contribution in [0.4, 0.5) is 0 Å². The highest BCUT2D eigenvalue weighted by Crippen LogP contribution is 2.20. The van der Waals surface area contributed by atoms with Crippen molar-refractivity contribution in [1.29, 1.82) is 0 Å². The molecule has 0 aliphatic heterocycles. The maximum absolute atomic E-state index is 3.46. The van der Waals surface area contributed by atoms with Gasteiger partial charge in [-0.25, -0.2) is 0 Å². The van der Waals surface area contributed by atoms with Crippen LogP contribution in [0.15, 0.2) is 30.5 Å². The van der Waals surface area contributed by atoms with Crippen molar-refractivity contribution < 1.29 is 0 Å². The summed E-state index contributed by atoms with van der Waals surface area (Å²) in [6.45, 7) is 8.83. The van der Waals surface area contributed by atoms with Gasteiger partial charge in [-0.1, -0.05) is 32.0 Å². The average molecular weight is 244 g/mol. The maximum atomic E-state index is 3.46. The molecule has 98 valence electrons. The molecule has 1 N–H and O–H groups in total. The number of unbranched alkanes of at least 4 members (excludes halogenated alkanes) is 1. The van der Waals surface area contributed by atoms with Crippen LogP contribution in [0.3, 0.4) is 0 Å². The fourth-order valence-electron chi connectivity index (χ4n) is 2.41. The highest BCUT2D eigenvalue weighted by atomic mass is 15.0. The van der Waals surface area contributed by atoms with E-state index >= 15 is 0 Å². The molecule has 0 aliphatic rings. The van der Waals surface area contributed by atoms with Crippen molar-refractivity contribution in [3.8, 4) is 0 Å². The number of rotatable bonds is 6. The van der Waals surface area contributed by atoms with Crippen molar-refractivity contribution in [2.45, 2.75) is 46.2 Å². The Morgan fingerprint density at radius 2 is 1.94 bits per heavy atom. The number of aromatic nitrogens is 1. The molecule has 0 atom stereocenters. The number of nitrogens with one attached hydrogen (secondary N) is 1. The zero-order chi connectivity index (χ0) is 13.0. The fraction of sp³-hybridized carbons (Fsp3) is 0.500. The number of fused-ring (bicyclic) bond motifs is 1. The van der Waals surface area contributed by atoms with Gasteiger partial charge in [0, 0.05) is 29.7 Å². The summed E-state index contributed by atoms with van der Waals surface area (Å²) in [5, 5.41) is 4.85. The van der Waals surface area contributed by atoms with Gasteiger partial charge in [0.25, 0.3) is 0 Å². The van der Waals surface area contributed by atoms with Gasteiger partial charge in [-0.2, -0.15) is 0 Å². The largest absolute Gasteiger partial charge is 0.347 e. The van der Waals surface area contributed by atoms with E-state index in [0.29, 0.717) is 6.04 Å². The molecule has 1 aromatic heterocycles. The summed E-state index contributed by atoms with van der Waals surface area (Å²) in [6.07, 6.45) is 4.75. The van der Waals surface area contributed by atoms with Gasteiger partial charge in [-0.15, -0.1) is 0 Å². The number of nitrogens with zero attached hydrogens (tertiary/aromatic N) is 1. The zero-order valence-corrected chi connectivity index (χ0v) is 11.7. The van der Waals surface area contributed by atoms with Crippen molar-refractivity contribution >= 4 is 10.9 Å². The Morgan fingerprint density at radius 3 is 2.72 bits per heavy atom. The molecule has 2 nitrogen and oxygen atoms in total. The lowest BCUT2D eigenvalue weighted by Crippen LogP contribution is -2.23. The number of aryl methyl sites for hydroxylation is 2. The zero-order valence-electron chi connectivity index (χ0n) is 11.7. The fourth-order valence-corrected chi connectivity index (χ4v) is 2.41. The number of benzene rings is 1. The quantitative estimate of drug-likeness (QED) is 0.766. The Morgan fingerprint density at radius 1 is 1.17 bits per heavy atom. The molecule has 0 radical (unpaired) electrons. The van der Waals surface area contributed by atoms with E-state index in [1.54, 1.807) is 0 Å². The predicted molar refractivity (Wildman–Crippen MR) is 79.0 cm³/mol. The maximum Gasteiger partial charge on any atom is 0.0483 e. The Kier molecular flexibility index (Phi) is 4.43. The van der Waals surface area contributed by atoms with Crippen LogP contribution < -0.4 is 5.32 Å². The number of hydrogen-bond donors (Lipinski definition) is 1. The van der Waals surface area contributed by atoms with Gasteiger partial charge in [0.15, 0.2) is 0 Å². The highest BCUT2D eigenvalue weighted by molar-refractivity contribution is 5.83. The second-order valence-electron chi connectivity index (χ2n) is 5.34. The van der Waals surface area contributed by atoms with Gasteiger partial charge in [-0.3, -0.25) is 0 Å². The molecule has 0 saturated carbocycles. The molecule has 1 aromatic carbocycles. The van der Waals surface area contributed by atoms with E-state index in [1.807, 2.05) is 0 Å². The molecule has 0 saturated heterocycles. The van der Waals surface area contributed by atoms with Crippen molar-refractivity contribution in [2.75, 3.05) is 6.54 Å². The van der Waals surface area contributed by atoms with E-state index in [-0.39, 0.29) is 0 Å². The van der Waals surface area contributed by atoms with Gasteiger partial charge in [-0.05, 0) is 37.9 Å². The van der Waals surface area contributed by atoms with Gasteiger partial charge >= 0.3 is 0 Å². The summed E-state index contributed by atoms with van der Waals surface area (Å²) >= 11 is 0. The Balaban J connectivity index is 1.92. The van der Waals surface area contributed by atoms with Crippen molar-refractivity contribution in [2.24, 2.45) is 0 Å². The Bertz CT molecular complexity index is 497. The first kappa shape index (κ1) is 13.2. The van der Waals surface area contributed by atoms with Crippen LogP contribution in [0.2, 0.25) is 0 Å². The molecule has 1 heterocycles. The average Bonchev–Trinajstić information content (AvgIpc) is 2.66. The molecular formula is C16H24N2. The molecular weight excluding hydrogens is 220 g/mol. The second-order valence-corrected chi connectivity index (χ2v) is 5.34. The lowest BCUT2D eigenvalue weighted by atomic mass is 10.2. The number of para-hydroxylation sites is 1. The standard InChI is InChI=1S/C16H24N2/c1-13(2)17-10-6-7-11-18-12-14(3)15-8-4-5-9-16(15)18/h4-5,8-9,12-13,17H,6-7,10-11H2,1-3H3. The molecule has 0 fully saturated rings. The van der Waals surface area contributed by atoms with Crippen molar-refractivity contribution in [3.63, 3.8) is 0 Å². The van der Waals surface area contributed by atoms with Crippen molar-refractivity contribution in [1.82, 2.24) is 9.88 Å². The summed E-state index contributed by atoms with van der Waals surface area (Å²) in [5.41, 5.74) is 2.75. The molecule has 18 heavy (non-hydrogen) atoms. The van der Waals surface area contributed by atoms with Crippen LogP contribution in [-0.4, -0.2) is 17.2 Å². The molecule has 2 aromatic rings. The minimum Gasteiger partial charge on any atom is -0.347 e. The lowest BCUT2D eigenvalue weighted by molar-refractivity contribution is 0.535. The van der Waals surface area contributed by atoms with Gasteiger partial charge in [0.05, 0.1) is 0 Å². The molecule has 0 bridgehead atoms. The predicted octanol–water partition coefficient (Wildman–Crippen LogP) is 3.73. The van der Waals surface area contributed by atoms with E-state index < -0.39 is 0 Å². The van der Waals surface area contributed by atoms with E-state index in [1.165, 1.54) is 29.3 Å². The molecule has 0 unspecified atom stereocenters.